The number of hydrazine groups is 1. The Bertz CT molecular complexity index is 382. The monoisotopic (exact) mass is 276 g/mol. The predicted molar refractivity (Wildman–Crippen MR) is 67.6 cm³/mol. The normalized spacial score (nSPS) is 13.3. The highest BCUT2D eigenvalue weighted by atomic mass is 19.4. The van der Waals surface area contributed by atoms with Gasteiger partial charge in [0.15, 0.2) is 0 Å². The van der Waals surface area contributed by atoms with E-state index < -0.39 is 12.6 Å². The summed E-state index contributed by atoms with van der Waals surface area (Å²) in [6, 6.07) is 6.88. The molecule has 0 amide bonds. The van der Waals surface area contributed by atoms with Crippen LogP contribution in [0.5, 0.6) is 5.75 Å². The van der Waals surface area contributed by atoms with Crippen LogP contribution in [-0.4, -0.2) is 12.8 Å². The van der Waals surface area contributed by atoms with Gasteiger partial charge in [-0.25, -0.2) is 0 Å². The number of nitrogens with one attached hydrogen (secondary N) is 1. The van der Waals surface area contributed by atoms with Crippen molar-refractivity contribution in [2.24, 2.45) is 5.84 Å². The fourth-order valence-electron chi connectivity index (χ4n) is 1.89. The van der Waals surface area contributed by atoms with Crippen molar-refractivity contribution in [3.8, 4) is 5.75 Å². The Morgan fingerprint density at radius 1 is 1.32 bits per heavy atom. The molecule has 3 nitrogen and oxygen atoms in total. The molecule has 0 spiro atoms. The summed E-state index contributed by atoms with van der Waals surface area (Å²) < 4.78 is 41.9. The zero-order valence-electron chi connectivity index (χ0n) is 10.8. The lowest BCUT2D eigenvalue weighted by Crippen LogP contribution is -2.28. The van der Waals surface area contributed by atoms with Crippen LogP contribution >= 0.6 is 0 Å². The molecule has 1 aromatic rings. The maximum absolute atomic E-state index is 12.1. The van der Waals surface area contributed by atoms with E-state index in [-0.39, 0.29) is 12.5 Å². The minimum absolute atomic E-state index is 0.0266. The molecule has 0 radical (unpaired) electrons. The van der Waals surface area contributed by atoms with Crippen molar-refractivity contribution in [3.05, 3.63) is 29.8 Å². The standard InChI is InChI=1S/C13H19F3N2O/c1-2-19-12-8-4-3-6-10(12)11(18-17)7-5-9-13(14,15)16/h3-4,6,8,11,18H,2,5,7,9,17H2,1H3. The molecule has 0 saturated carbocycles. The van der Waals surface area contributed by atoms with E-state index >= 15 is 0 Å². The van der Waals surface area contributed by atoms with Gasteiger partial charge in [-0.1, -0.05) is 18.2 Å². The summed E-state index contributed by atoms with van der Waals surface area (Å²) in [6.07, 6.45) is -4.60. The average Bonchev–Trinajstić information content (AvgIpc) is 2.35. The molecule has 0 aromatic heterocycles. The number of hydrogen-bond donors (Lipinski definition) is 2. The average molecular weight is 276 g/mol. The smallest absolute Gasteiger partial charge is 0.389 e. The third-order valence-corrected chi connectivity index (χ3v) is 2.75. The van der Waals surface area contributed by atoms with E-state index in [0.717, 1.165) is 5.56 Å². The molecule has 1 rings (SSSR count). The van der Waals surface area contributed by atoms with Gasteiger partial charge in [0.25, 0.3) is 0 Å². The van der Waals surface area contributed by atoms with Crippen molar-refractivity contribution in [3.63, 3.8) is 0 Å². The molecule has 108 valence electrons. The third kappa shape index (κ3) is 5.48. The van der Waals surface area contributed by atoms with Gasteiger partial charge in [-0.3, -0.25) is 11.3 Å². The molecule has 0 heterocycles. The van der Waals surface area contributed by atoms with Gasteiger partial charge in [0.05, 0.1) is 6.61 Å². The number of nitrogens with two attached hydrogens (primary N) is 1. The maximum Gasteiger partial charge on any atom is 0.389 e. The molecule has 3 N–H and O–H groups in total. The molecule has 0 aliphatic heterocycles. The van der Waals surface area contributed by atoms with Crippen LogP contribution in [0.25, 0.3) is 0 Å². The van der Waals surface area contributed by atoms with Crippen molar-refractivity contribution < 1.29 is 17.9 Å². The molecule has 0 saturated heterocycles. The first kappa shape index (κ1) is 15.8. The zero-order valence-corrected chi connectivity index (χ0v) is 10.8. The van der Waals surface area contributed by atoms with Gasteiger partial charge in [0.1, 0.15) is 5.75 Å². The Morgan fingerprint density at radius 2 is 2.00 bits per heavy atom. The highest BCUT2D eigenvalue weighted by Gasteiger charge is 2.27. The molecule has 1 atom stereocenters. The van der Waals surface area contributed by atoms with Gasteiger partial charge in [-0.15, -0.1) is 0 Å². The summed E-state index contributed by atoms with van der Waals surface area (Å²) in [5.41, 5.74) is 3.34. The van der Waals surface area contributed by atoms with Gasteiger partial charge in [-0.05, 0) is 25.8 Å². The van der Waals surface area contributed by atoms with Crippen LogP contribution in [0, 0.1) is 0 Å². The quantitative estimate of drug-likeness (QED) is 0.593. The summed E-state index contributed by atoms with van der Waals surface area (Å²) in [6.45, 7) is 2.35. The highest BCUT2D eigenvalue weighted by Crippen LogP contribution is 2.30. The van der Waals surface area contributed by atoms with Crippen molar-refractivity contribution in [1.29, 1.82) is 0 Å². The van der Waals surface area contributed by atoms with Gasteiger partial charge in [-0.2, -0.15) is 13.2 Å². The van der Waals surface area contributed by atoms with E-state index in [0.29, 0.717) is 18.8 Å². The van der Waals surface area contributed by atoms with Gasteiger partial charge < -0.3 is 4.74 Å². The summed E-state index contributed by atoms with van der Waals surface area (Å²) in [5.74, 6) is 6.09. The van der Waals surface area contributed by atoms with Crippen molar-refractivity contribution in [2.75, 3.05) is 6.61 Å². The zero-order chi connectivity index (χ0) is 14.3. The molecule has 0 bridgehead atoms. The predicted octanol–water partition coefficient (Wildman–Crippen LogP) is 3.32. The second-order valence-electron chi connectivity index (χ2n) is 4.20. The highest BCUT2D eigenvalue weighted by molar-refractivity contribution is 5.35. The van der Waals surface area contributed by atoms with Crippen molar-refractivity contribution >= 4 is 0 Å². The molecule has 0 fully saturated rings. The van der Waals surface area contributed by atoms with Gasteiger partial charge >= 0.3 is 6.18 Å². The van der Waals surface area contributed by atoms with Gasteiger partial charge in [0, 0.05) is 18.0 Å². The molecule has 0 aliphatic carbocycles. The van der Waals surface area contributed by atoms with E-state index in [1.54, 1.807) is 6.07 Å². The molecule has 1 unspecified atom stereocenters. The Kier molecular flexibility index (Phi) is 6.11. The van der Waals surface area contributed by atoms with Crippen LogP contribution in [0.2, 0.25) is 0 Å². The second-order valence-corrected chi connectivity index (χ2v) is 4.20. The number of rotatable bonds is 7. The minimum Gasteiger partial charge on any atom is -0.494 e. The van der Waals surface area contributed by atoms with E-state index in [1.165, 1.54) is 0 Å². The van der Waals surface area contributed by atoms with Crippen LogP contribution in [0.1, 0.15) is 37.8 Å². The lowest BCUT2D eigenvalue weighted by molar-refractivity contribution is -0.135. The third-order valence-electron chi connectivity index (χ3n) is 2.75. The first-order chi connectivity index (χ1) is 8.98. The molecular formula is C13H19F3N2O. The molecule has 1 aromatic carbocycles. The van der Waals surface area contributed by atoms with Crippen LogP contribution in [0.15, 0.2) is 24.3 Å². The van der Waals surface area contributed by atoms with Crippen molar-refractivity contribution in [2.45, 2.75) is 38.4 Å². The fraction of sp³-hybridized carbons (Fsp3) is 0.538. The van der Waals surface area contributed by atoms with E-state index in [2.05, 4.69) is 5.43 Å². The van der Waals surface area contributed by atoms with E-state index in [1.807, 2.05) is 25.1 Å². The number of para-hydroxylation sites is 1. The molecule has 6 heteroatoms. The topological polar surface area (TPSA) is 47.3 Å². The summed E-state index contributed by atoms with van der Waals surface area (Å²) >= 11 is 0. The van der Waals surface area contributed by atoms with Crippen LogP contribution < -0.4 is 16.0 Å². The Balaban J connectivity index is 2.68. The first-order valence-electron chi connectivity index (χ1n) is 6.22. The number of ether oxygens (including phenoxy) is 1. The van der Waals surface area contributed by atoms with Crippen LogP contribution in [-0.2, 0) is 0 Å². The summed E-state index contributed by atoms with van der Waals surface area (Å²) in [4.78, 5) is 0. The van der Waals surface area contributed by atoms with Crippen LogP contribution in [0.3, 0.4) is 0 Å². The largest absolute Gasteiger partial charge is 0.494 e. The molecule has 0 aliphatic rings. The minimum atomic E-state index is -4.13. The Hall–Kier alpha value is -1.27. The van der Waals surface area contributed by atoms with Gasteiger partial charge in [0.2, 0.25) is 0 Å². The summed E-state index contributed by atoms with van der Waals surface area (Å²) in [7, 11) is 0. The fourth-order valence-corrected chi connectivity index (χ4v) is 1.89. The second kappa shape index (κ2) is 7.35. The molecular weight excluding hydrogens is 257 g/mol. The Morgan fingerprint density at radius 3 is 2.58 bits per heavy atom. The lowest BCUT2D eigenvalue weighted by atomic mass is 10.0. The number of hydrogen-bond acceptors (Lipinski definition) is 3. The number of halogens is 3. The number of alkyl halides is 3. The van der Waals surface area contributed by atoms with E-state index in [9.17, 15) is 13.2 Å². The molecule has 19 heavy (non-hydrogen) atoms. The van der Waals surface area contributed by atoms with E-state index in [4.69, 9.17) is 10.6 Å². The lowest BCUT2D eigenvalue weighted by Gasteiger charge is -2.19. The number of benzene rings is 1. The maximum atomic E-state index is 12.1. The SMILES string of the molecule is CCOc1ccccc1C(CCCC(F)(F)F)NN. The Labute approximate surface area is 110 Å². The van der Waals surface area contributed by atoms with Crippen molar-refractivity contribution in [1.82, 2.24) is 5.43 Å². The van der Waals surface area contributed by atoms with Crippen LogP contribution in [0.4, 0.5) is 13.2 Å². The first-order valence-corrected chi connectivity index (χ1v) is 6.22. The summed E-state index contributed by atoms with van der Waals surface area (Å²) in [5, 5.41) is 0.